The van der Waals surface area contributed by atoms with Gasteiger partial charge in [-0.05, 0) is 31.9 Å². The normalized spacial score (nSPS) is 24.6. The Kier molecular flexibility index (Phi) is 9.94. The number of anilines is 1. The van der Waals surface area contributed by atoms with Crippen LogP contribution in [0.4, 0.5) is 5.69 Å². The van der Waals surface area contributed by atoms with Crippen LogP contribution < -0.4 is 9.64 Å². The van der Waals surface area contributed by atoms with Crippen molar-refractivity contribution in [3.8, 4) is 5.75 Å². The molecular weight excluding hydrogens is 452 g/mol. The van der Waals surface area contributed by atoms with E-state index in [0.717, 1.165) is 45.1 Å². The summed E-state index contributed by atoms with van der Waals surface area (Å²) in [6.45, 7) is 8.09. The SMILES string of the molecule is COc1ccccc1N1CCN(CC2COC3(CCCCC3)C(C)O2)CC1.O=C(O)/C=C/C(=O)O. The molecule has 3 aliphatic rings. The van der Waals surface area contributed by atoms with Crippen molar-refractivity contribution in [3.63, 3.8) is 0 Å². The highest BCUT2D eigenvalue weighted by atomic mass is 16.6. The molecule has 4 rings (SSSR count). The van der Waals surface area contributed by atoms with E-state index >= 15 is 0 Å². The summed E-state index contributed by atoms with van der Waals surface area (Å²) >= 11 is 0. The van der Waals surface area contributed by atoms with Crippen LogP contribution in [0.1, 0.15) is 39.0 Å². The van der Waals surface area contributed by atoms with Crippen molar-refractivity contribution in [3.05, 3.63) is 36.4 Å². The maximum Gasteiger partial charge on any atom is 0.328 e. The first-order valence-corrected chi connectivity index (χ1v) is 12.4. The quantitative estimate of drug-likeness (QED) is 0.582. The number of ether oxygens (including phenoxy) is 3. The Morgan fingerprint density at radius 2 is 1.69 bits per heavy atom. The van der Waals surface area contributed by atoms with Crippen molar-refractivity contribution < 1.29 is 34.0 Å². The fourth-order valence-corrected chi connectivity index (χ4v) is 5.12. The maximum atomic E-state index is 9.55. The van der Waals surface area contributed by atoms with Gasteiger partial charge in [0.2, 0.25) is 0 Å². The van der Waals surface area contributed by atoms with Crippen LogP contribution in [0.15, 0.2) is 36.4 Å². The van der Waals surface area contributed by atoms with Gasteiger partial charge in [-0.1, -0.05) is 31.4 Å². The molecule has 2 saturated heterocycles. The zero-order chi connectivity index (χ0) is 25.3. The highest BCUT2D eigenvalue weighted by Crippen LogP contribution is 2.39. The highest BCUT2D eigenvalue weighted by Gasteiger charge is 2.44. The predicted octanol–water partition coefficient (Wildman–Crippen LogP) is 3.04. The fraction of sp³-hybridized carbons (Fsp3) is 0.615. The number of aliphatic carboxylic acids is 2. The number of para-hydroxylation sites is 2. The van der Waals surface area contributed by atoms with Gasteiger partial charge in [-0.25, -0.2) is 9.59 Å². The lowest BCUT2D eigenvalue weighted by atomic mass is 9.80. The summed E-state index contributed by atoms with van der Waals surface area (Å²) in [4.78, 5) is 24.1. The minimum absolute atomic E-state index is 0.00267. The van der Waals surface area contributed by atoms with Crippen LogP contribution >= 0.6 is 0 Å². The summed E-state index contributed by atoms with van der Waals surface area (Å²) in [5.41, 5.74) is 1.20. The molecule has 0 amide bonds. The number of piperazine rings is 1. The van der Waals surface area contributed by atoms with E-state index in [4.69, 9.17) is 24.4 Å². The molecule has 1 aromatic carbocycles. The molecule has 2 atom stereocenters. The van der Waals surface area contributed by atoms with Gasteiger partial charge in [0.15, 0.2) is 0 Å². The second kappa shape index (κ2) is 12.9. The van der Waals surface area contributed by atoms with E-state index in [0.29, 0.717) is 12.2 Å². The zero-order valence-corrected chi connectivity index (χ0v) is 20.7. The van der Waals surface area contributed by atoms with Crippen LogP contribution in [0.3, 0.4) is 0 Å². The number of benzene rings is 1. The number of hydrogen-bond acceptors (Lipinski definition) is 7. The maximum absolute atomic E-state index is 9.55. The molecule has 1 aliphatic carbocycles. The number of hydrogen-bond donors (Lipinski definition) is 2. The molecule has 1 saturated carbocycles. The van der Waals surface area contributed by atoms with E-state index in [1.54, 1.807) is 7.11 Å². The first-order chi connectivity index (χ1) is 16.8. The number of rotatable bonds is 6. The Balaban J connectivity index is 0.000000371. The predicted molar refractivity (Wildman–Crippen MR) is 132 cm³/mol. The first kappa shape index (κ1) is 27.0. The molecule has 9 nitrogen and oxygen atoms in total. The van der Waals surface area contributed by atoms with E-state index < -0.39 is 11.9 Å². The summed E-state index contributed by atoms with van der Waals surface area (Å²) in [5.74, 6) is -1.55. The van der Waals surface area contributed by atoms with Crippen molar-refractivity contribution in [1.82, 2.24) is 4.90 Å². The number of carboxylic acid groups (broad SMARTS) is 2. The smallest absolute Gasteiger partial charge is 0.328 e. The molecule has 2 unspecified atom stereocenters. The molecule has 2 heterocycles. The van der Waals surface area contributed by atoms with Crippen LogP contribution in [0.2, 0.25) is 0 Å². The molecule has 2 aliphatic heterocycles. The van der Waals surface area contributed by atoms with E-state index in [1.807, 2.05) is 12.1 Å². The second-order valence-electron chi connectivity index (χ2n) is 9.31. The van der Waals surface area contributed by atoms with Crippen LogP contribution in [0.25, 0.3) is 0 Å². The Morgan fingerprint density at radius 3 is 2.26 bits per heavy atom. The first-order valence-electron chi connectivity index (χ1n) is 12.4. The van der Waals surface area contributed by atoms with Gasteiger partial charge in [-0.15, -0.1) is 0 Å². The second-order valence-corrected chi connectivity index (χ2v) is 9.31. The van der Waals surface area contributed by atoms with Gasteiger partial charge in [0, 0.05) is 44.9 Å². The fourth-order valence-electron chi connectivity index (χ4n) is 5.12. The molecule has 194 valence electrons. The van der Waals surface area contributed by atoms with Gasteiger partial charge in [0.25, 0.3) is 0 Å². The van der Waals surface area contributed by atoms with Gasteiger partial charge in [0.1, 0.15) is 5.75 Å². The van der Waals surface area contributed by atoms with Crippen molar-refractivity contribution in [1.29, 1.82) is 0 Å². The molecule has 9 heteroatoms. The van der Waals surface area contributed by atoms with E-state index in [-0.39, 0.29) is 17.8 Å². The Labute approximate surface area is 207 Å². The molecule has 0 radical (unpaired) electrons. The third kappa shape index (κ3) is 7.68. The van der Waals surface area contributed by atoms with Crippen molar-refractivity contribution in [2.24, 2.45) is 0 Å². The number of nitrogens with zero attached hydrogens (tertiary/aromatic N) is 2. The molecule has 0 aromatic heterocycles. The summed E-state index contributed by atoms with van der Waals surface area (Å²) < 4.78 is 18.4. The molecule has 1 spiro atoms. The molecule has 3 fully saturated rings. The summed E-state index contributed by atoms with van der Waals surface area (Å²) in [5, 5.41) is 15.6. The van der Waals surface area contributed by atoms with Crippen molar-refractivity contribution in [2.75, 3.05) is 51.3 Å². The van der Waals surface area contributed by atoms with E-state index in [2.05, 4.69) is 28.9 Å². The van der Waals surface area contributed by atoms with Gasteiger partial charge in [-0.2, -0.15) is 0 Å². The Hall–Kier alpha value is -2.62. The van der Waals surface area contributed by atoms with Gasteiger partial charge in [0.05, 0.1) is 37.2 Å². The monoisotopic (exact) mass is 490 g/mol. The summed E-state index contributed by atoms with van der Waals surface area (Å²) in [6, 6.07) is 8.30. The van der Waals surface area contributed by atoms with Gasteiger partial charge < -0.3 is 29.3 Å². The molecule has 1 aromatic rings. The van der Waals surface area contributed by atoms with E-state index in [1.165, 1.54) is 37.8 Å². The molecular formula is C26H38N2O7. The lowest BCUT2D eigenvalue weighted by Crippen LogP contribution is -2.57. The third-order valence-corrected chi connectivity index (χ3v) is 7.02. The van der Waals surface area contributed by atoms with E-state index in [9.17, 15) is 9.59 Å². The molecule has 2 N–H and O–H groups in total. The highest BCUT2D eigenvalue weighted by molar-refractivity contribution is 5.89. The zero-order valence-electron chi connectivity index (χ0n) is 20.7. The van der Waals surface area contributed by atoms with Crippen LogP contribution in [0, 0.1) is 0 Å². The third-order valence-electron chi connectivity index (χ3n) is 7.02. The average Bonchev–Trinajstić information content (AvgIpc) is 2.87. The van der Waals surface area contributed by atoms with Crippen LogP contribution in [-0.2, 0) is 19.1 Å². The number of methoxy groups -OCH3 is 1. The lowest BCUT2D eigenvalue weighted by Gasteiger charge is -2.48. The lowest BCUT2D eigenvalue weighted by molar-refractivity contribution is -0.241. The number of carboxylic acids is 2. The number of carbonyl (C=O) groups is 2. The molecule has 35 heavy (non-hydrogen) atoms. The van der Waals surface area contributed by atoms with Crippen molar-refractivity contribution in [2.45, 2.75) is 56.8 Å². The molecule has 0 bridgehead atoms. The minimum Gasteiger partial charge on any atom is -0.495 e. The summed E-state index contributed by atoms with van der Waals surface area (Å²) in [7, 11) is 1.75. The average molecular weight is 491 g/mol. The standard InChI is InChI=1S/C22H34N2O3.C4H4O4/c1-18-22(10-6-3-7-11-22)26-17-19(27-18)16-23-12-14-24(15-13-23)20-8-4-5-9-21(20)25-2;5-3(6)1-2-4(7)8/h4-5,8-9,18-19H,3,6-7,10-17H2,1-2H3;1-2H,(H,5,6)(H,7,8)/b;2-1+. The van der Waals surface area contributed by atoms with Gasteiger partial charge in [-0.3, -0.25) is 4.90 Å². The Morgan fingerprint density at radius 1 is 1.06 bits per heavy atom. The topological polar surface area (TPSA) is 109 Å². The van der Waals surface area contributed by atoms with Crippen LogP contribution in [0.5, 0.6) is 5.75 Å². The van der Waals surface area contributed by atoms with Crippen molar-refractivity contribution >= 4 is 17.6 Å². The summed E-state index contributed by atoms with van der Waals surface area (Å²) in [6.07, 6.45) is 7.77. The van der Waals surface area contributed by atoms with Gasteiger partial charge >= 0.3 is 11.9 Å². The Bertz CT molecular complexity index is 845. The largest absolute Gasteiger partial charge is 0.495 e. The minimum atomic E-state index is -1.26. The van der Waals surface area contributed by atoms with Crippen LogP contribution in [-0.4, -0.2) is 91.3 Å².